The molecule has 0 heterocycles. The normalized spacial score (nSPS) is 7.20. The molecule has 0 nitrogen and oxygen atoms in total. The molecular weight excluding hydrogens is 255 g/mol. The van der Waals surface area contributed by atoms with Gasteiger partial charge in [-0.15, -0.1) is 0 Å². The molecule has 0 aromatic heterocycles. The summed E-state index contributed by atoms with van der Waals surface area (Å²) in [4.78, 5) is 0. The third kappa shape index (κ3) is 49.4. The molecule has 0 aliphatic heterocycles. The van der Waals surface area contributed by atoms with Gasteiger partial charge in [-0.3, -0.25) is 0 Å². The summed E-state index contributed by atoms with van der Waals surface area (Å²) >= 11 is 0. The zero-order valence-corrected chi connectivity index (χ0v) is 9.78. The van der Waals surface area contributed by atoms with Gasteiger partial charge in [0.15, 0.2) is 0 Å². The zero-order chi connectivity index (χ0) is 3.58. The van der Waals surface area contributed by atoms with E-state index in [9.17, 15) is 0 Å². The first kappa shape index (κ1) is 9.33. The molecule has 0 aliphatic carbocycles. The summed E-state index contributed by atoms with van der Waals surface area (Å²) in [6, 6.07) is 0. The Morgan fingerprint density at radius 1 is 1.00 bits per heavy atom. The van der Waals surface area contributed by atoms with Crippen LogP contribution in [0.1, 0.15) is 20.8 Å². The van der Waals surface area contributed by atoms with Crippen LogP contribution in [0, 0.1) is 5.92 Å². The fourth-order valence-corrected chi connectivity index (χ4v) is 0. The van der Waals surface area contributed by atoms with Crippen LogP contribution in [0.3, 0.4) is 0 Å². The van der Waals surface area contributed by atoms with Gasteiger partial charge in [0.05, 0.1) is 0 Å². The first-order valence-electron chi connectivity index (χ1n) is 1.73. The summed E-state index contributed by atoms with van der Waals surface area (Å²) in [6.45, 7) is 6.50. The second-order valence-corrected chi connectivity index (χ2v) is 1.73. The van der Waals surface area contributed by atoms with Crippen LogP contribution >= 0.6 is 0 Å². The molecule has 1 heteroatoms. The molecule has 0 rings (SSSR count). The van der Waals surface area contributed by atoms with Crippen LogP contribution in [-0.2, 0) is 0 Å². The molecule has 0 saturated heterocycles. The van der Waals surface area contributed by atoms with Gasteiger partial charge < -0.3 is 0 Å². The maximum absolute atomic E-state index is 2.17. The first-order chi connectivity index (χ1) is 1.73. The number of hydrogen-bond donors (Lipinski definition) is 0. The van der Waals surface area contributed by atoms with Crippen LogP contribution in [-0.4, -0.2) is 27.3 Å². The standard InChI is InChI=1S/C4H10.Pb.2H/c1-4(2)3;;;/h4H,1-3H3;;;. The van der Waals surface area contributed by atoms with Gasteiger partial charge in [-0.25, -0.2) is 0 Å². The zero-order valence-electron chi connectivity index (χ0n) is 4.28. The quantitative estimate of drug-likeness (QED) is 0.568. The molecule has 32 valence electrons. The Morgan fingerprint density at radius 2 is 1.00 bits per heavy atom. The Labute approximate surface area is 54.1 Å². The molecule has 0 saturated carbocycles. The maximum atomic E-state index is 2.17. The van der Waals surface area contributed by atoms with E-state index < -0.39 is 0 Å². The van der Waals surface area contributed by atoms with Crippen LogP contribution in [0.5, 0.6) is 0 Å². The van der Waals surface area contributed by atoms with E-state index in [2.05, 4.69) is 20.8 Å². The van der Waals surface area contributed by atoms with E-state index in [0.29, 0.717) is 0 Å². The van der Waals surface area contributed by atoms with Gasteiger partial charge in [-0.1, -0.05) is 20.8 Å². The molecule has 0 fully saturated rings. The number of hydrogen-bond acceptors (Lipinski definition) is 0. The van der Waals surface area contributed by atoms with Crippen molar-refractivity contribution in [2.45, 2.75) is 20.8 Å². The van der Waals surface area contributed by atoms with Crippen LogP contribution in [0.25, 0.3) is 0 Å². The predicted molar refractivity (Wildman–Crippen MR) is 29.1 cm³/mol. The minimum atomic E-state index is 0. The summed E-state index contributed by atoms with van der Waals surface area (Å²) in [5, 5.41) is 0. The molecule has 2 radical (unpaired) electrons. The fraction of sp³-hybridized carbons (Fsp3) is 1.00. The molecule has 0 bridgehead atoms. The van der Waals surface area contributed by atoms with Gasteiger partial charge in [0.25, 0.3) is 0 Å². The van der Waals surface area contributed by atoms with Gasteiger partial charge >= 0.3 is 27.3 Å². The van der Waals surface area contributed by atoms with Crippen molar-refractivity contribution >= 4 is 27.3 Å². The summed E-state index contributed by atoms with van der Waals surface area (Å²) in [5.41, 5.74) is 0. The Hall–Kier alpha value is 0.922. The topological polar surface area (TPSA) is 0 Å². The summed E-state index contributed by atoms with van der Waals surface area (Å²) in [6.07, 6.45) is 0. The van der Waals surface area contributed by atoms with Gasteiger partial charge in [-0.05, 0) is 5.92 Å². The molecule has 0 atom stereocenters. The van der Waals surface area contributed by atoms with Crippen molar-refractivity contribution in [2.75, 3.05) is 0 Å². The molecule has 5 heavy (non-hydrogen) atoms. The monoisotopic (exact) mass is 268 g/mol. The number of rotatable bonds is 0. The summed E-state index contributed by atoms with van der Waals surface area (Å²) in [7, 11) is 0. The molecular formula is C4H12Pb. The van der Waals surface area contributed by atoms with Crippen molar-refractivity contribution in [1.29, 1.82) is 0 Å². The van der Waals surface area contributed by atoms with Crippen molar-refractivity contribution in [3.8, 4) is 0 Å². The fourth-order valence-electron chi connectivity index (χ4n) is 0. The Kier molecular flexibility index (Phi) is 9.18. The van der Waals surface area contributed by atoms with Crippen molar-refractivity contribution in [3.05, 3.63) is 0 Å². The molecule has 0 aliphatic rings. The van der Waals surface area contributed by atoms with Crippen LogP contribution < -0.4 is 0 Å². The van der Waals surface area contributed by atoms with E-state index in [-0.39, 0.29) is 27.3 Å². The molecule has 0 N–H and O–H groups in total. The SMILES string of the molecule is CC(C)C.[PbH2]. The van der Waals surface area contributed by atoms with Crippen LogP contribution in [0.2, 0.25) is 0 Å². The van der Waals surface area contributed by atoms with Crippen molar-refractivity contribution < 1.29 is 0 Å². The van der Waals surface area contributed by atoms with Gasteiger partial charge in [0.1, 0.15) is 0 Å². The van der Waals surface area contributed by atoms with Gasteiger partial charge in [0.2, 0.25) is 0 Å². The first-order valence-corrected chi connectivity index (χ1v) is 1.73. The average Bonchev–Trinajstić information content (AvgIpc) is 0.811. The van der Waals surface area contributed by atoms with Crippen molar-refractivity contribution in [3.63, 3.8) is 0 Å². The Balaban J connectivity index is 0. The summed E-state index contributed by atoms with van der Waals surface area (Å²) in [5.74, 6) is 0.833. The Morgan fingerprint density at radius 3 is 1.00 bits per heavy atom. The van der Waals surface area contributed by atoms with Gasteiger partial charge in [0, 0.05) is 0 Å². The van der Waals surface area contributed by atoms with E-state index in [1.165, 1.54) is 0 Å². The third-order valence-corrected chi connectivity index (χ3v) is 0. The predicted octanol–water partition coefficient (Wildman–Crippen LogP) is 0.746. The third-order valence-electron chi connectivity index (χ3n) is 0. The van der Waals surface area contributed by atoms with Crippen molar-refractivity contribution in [1.82, 2.24) is 0 Å². The van der Waals surface area contributed by atoms with E-state index in [4.69, 9.17) is 0 Å². The van der Waals surface area contributed by atoms with E-state index in [0.717, 1.165) is 5.92 Å². The molecule has 0 aromatic carbocycles. The average molecular weight is 267 g/mol. The second-order valence-electron chi connectivity index (χ2n) is 1.73. The van der Waals surface area contributed by atoms with E-state index >= 15 is 0 Å². The van der Waals surface area contributed by atoms with Crippen LogP contribution in [0.4, 0.5) is 0 Å². The molecule has 0 aromatic rings. The van der Waals surface area contributed by atoms with Crippen LogP contribution in [0.15, 0.2) is 0 Å². The van der Waals surface area contributed by atoms with E-state index in [1.807, 2.05) is 0 Å². The minimum absolute atomic E-state index is 0. The van der Waals surface area contributed by atoms with E-state index in [1.54, 1.807) is 0 Å². The van der Waals surface area contributed by atoms with Gasteiger partial charge in [-0.2, -0.15) is 0 Å². The Bertz CT molecular complexity index is 8.36. The van der Waals surface area contributed by atoms with Crippen molar-refractivity contribution in [2.24, 2.45) is 5.92 Å². The molecule has 0 unspecified atom stereocenters. The second kappa shape index (κ2) is 4.92. The molecule has 0 spiro atoms. The summed E-state index contributed by atoms with van der Waals surface area (Å²) < 4.78 is 0. The molecule has 0 amide bonds.